The van der Waals surface area contributed by atoms with Crippen LogP contribution in [0.15, 0.2) is 60.1 Å². The molecule has 1 aliphatic carbocycles. The van der Waals surface area contributed by atoms with Gasteiger partial charge in [0.25, 0.3) is 0 Å². The van der Waals surface area contributed by atoms with E-state index in [2.05, 4.69) is 25.3 Å². The van der Waals surface area contributed by atoms with Gasteiger partial charge in [0.15, 0.2) is 5.82 Å². The normalized spacial score (nSPS) is 16.8. The van der Waals surface area contributed by atoms with Crippen molar-refractivity contribution >= 4 is 23.2 Å². The summed E-state index contributed by atoms with van der Waals surface area (Å²) < 4.78 is 0. The fourth-order valence-electron chi connectivity index (χ4n) is 2.98. The van der Waals surface area contributed by atoms with Gasteiger partial charge in [0.05, 0.1) is 17.4 Å². The van der Waals surface area contributed by atoms with Crippen molar-refractivity contribution in [2.24, 2.45) is 4.99 Å². The molecule has 0 spiro atoms. The molecule has 4 rings (SSSR count). The van der Waals surface area contributed by atoms with Crippen LogP contribution in [0, 0.1) is 0 Å². The van der Waals surface area contributed by atoms with Gasteiger partial charge >= 0.3 is 0 Å². The molecule has 3 aromatic rings. The molecule has 2 N–H and O–H groups in total. The highest BCUT2D eigenvalue weighted by Gasteiger charge is 2.17. The Hall–Kier alpha value is -3.19. The smallest absolute Gasteiger partial charge is 0.229 e. The summed E-state index contributed by atoms with van der Waals surface area (Å²) in [7, 11) is 0. The molecule has 0 unspecified atom stereocenters. The third kappa shape index (κ3) is 4.32. The highest BCUT2D eigenvalue weighted by molar-refractivity contribution is 5.89. The maximum absolute atomic E-state index is 9.73. The first-order valence-electron chi connectivity index (χ1n) is 8.98. The Bertz CT molecular complexity index is 920. The van der Waals surface area contributed by atoms with Crippen molar-refractivity contribution in [3.8, 4) is 11.3 Å². The number of hydrogen-bond acceptors (Lipinski definition) is 7. The number of nitrogens with one attached hydrogen (secondary N) is 1. The van der Waals surface area contributed by atoms with Crippen LogP contribution in [0.5, 0.6) is 0 Å². The van der Waals surface area contributed by atoms with E-state index in [4.69, 9.17) is 4.99 Å². The van der Waals surface area contributed by atoms with Crippen LogP contribution in [-0.4, -0.2) is 36.9 Å². The summed E-state index contributed by atoms with van der Waals surface area (Å²) >= 11 is 0. The Labute approximate surface area is 157 Å². The number of nitrogens with zero attached hydrogens (tertiary/aromatic N) is 5. The Morgan fingerprint density at radius 3 is 2.56 bits per heavy atom. The molecule has 1 aliphatic rings. The fraction of sp³-hybridized carbons (Fsp3) is 0.250. The van der Waals surface area contributed by atoms with Gasteiger partial charge in [-0.1, -0.05) is 6.07 Å². The second kappa shape index (κ2) is 8.01. The predicted octanol–water partition coefficient (Wildman–Crippen LogP) is 3.68. The molecule has 0 saturated heterocycles. The molecule has 7 heteroatoms. The first-order valence-corrected chi connectivity index (χ1v) is 8.98. The van der Waals surface area contributed by atoms with E-state index in [9.17, 15) is 5.11 Å². The number of aliphatic hydroxyl groups is 1. The van der Waals surface area contributed by atoms with Gasteiger partial charge in [-0.3, -0.25) is 9.97 Å². The molecule has 1 fully saturated rings. The van der Waals surface area contributed by atoms with Crippen LogP contribution in [0.2, 0.25) is 0 Å². The van der Waals surface area contributed by atoms with Gasteiger partial charge in [0, 0.05) is 36.2 Å². The Morgan fingerprint density at radius 2 is 1.81 bits per heavy atom. The molecule has 0 aromatic carbocycles. The Balaban J connectivity index is 1.70. The molecule has 3 aromatic heterocycles. The summed E-state index contributed by atoms with van der Waals surface area (Å²) in [6, 6.07) is 9.42. The van der Waals surface area contributed by atoms with Crippen molar-refractivity contribution in [2.75, 3.05) is 5.32 Å². The number of aromatic nitrogens is 4. The molecule has 136 valence electrons. The molecule has 27 heavy (non-hydrogen) atoms. The van der Waals surface area contributed by atoms with E-state index in [1.165, 1.54) is 0 Å². The molecular weight excluding hydrogens is 340 g/mol. The quantitative estimate of drug-likeness (QED) is 0.737. The monoisotopic (exact) mass is 360 g/mol. The summed E-state index contributed by atoms with van der Waals surface area (Å²) in [5.41, 5.74) is 3.47. The Morgan fingerprint density at radius 1 is 1.00 bits per heavy atom. The summed E-state index contributed by atoms with van der Waals surface area (Å²) in [6.07, 6.45) is 9.71. The van der Waals surface area contributed by atoms with E-state index >= 15 is 0 Å². The SMILES string of the molecule is OC1CCC(=Nc2nc(Nc3ccncc3)ncc2-c2ccccn2)CC1. The first kappa shape index (κ1) is 17.2. The number of aliphatic imine (C=N–C) groups is 1. The molecular formula is C20H20N6O. The zero-order chi connectivity index (χ0) is 18.5. The van der Waals surface area contributed by atoms with Gasteiger partial charge < -0.3 is 10.4 Å². The van der Waals surface area contributed by atoms with Gasteiger partial charge in [0.1, 0.15) is 0 Å². The molecule has 0 amide bonds. The highest BCUT2D eigenvalue weighted by atomic mass is 16.3. The Kier molecular flexibility index (Phi) is 5.11. The fourth-order valence-corrected chi connectivity index (χ4v) is 2.98. The van der Waals surface area contributed by atoms with Gasteiger partial charge in [0.2, 0.25) is 5.95 Å². The predicted molar refractivity (Wildman–Crippen MR) is 104 cm³/mol. The van der Waals surface area contributed by atoms with Gasteiger partial charge in [-0.25, -0.2) is 9.98 Å². The summed E-state index contributed by atoms with van der Waals surface area (Å²) in [6.45, 7) is 0. The van der Waals surface area contributed by atoms with Crippen LogP contribution < -0.4 is 5.32 Å². The van der Waals surface area contributed by atoms with Gasteiger partial charge in [-0.15, -0.1) is 0 Å². The van der Waals surface area contributed by atoms with E-state index in [0.29, 0.717) is 11.8 Å². The van der Waals surface area contributed by atoms with Crippen molar-refractivity contribution in [1.29, 1.82) is 0 Å². The van der Waals surface area contributed by atoms with E-state index in [-0.39, 0.29) is 6.10 Å². The molecule has 0 aliphatic heterocycles. The highest BCUT2D eigenvalue weighted by Crippen LogP contribution is 2.29. The van der Waals surface area contributed by atoms with Gasteiger partial charge in [-0.2, -0.15) is 4.98 Å². The number of pyridine rings is 2. The second-order valence-corrected chi connectivity index (χ2v) is 6.42. The summed E-state index contributed by atoms with van der Waals surface area (Å²) in [4.78, 5) is 22.3. The summed E-state index contributed by atoms with van der Waals surface area (Å²) in [5.74, 6) is 1.06. The number of anilines is 2. The minimum absolute atomic E-state index is 0.228. The molecule has 3 heterocycles. The lowest BCUT2D eigenvalue weighted by molar-refractivity contribution is 0.152. The average molecular weight is 360 g/mol. The van der Waals surface area contributed by atoms with Crippen LogP contribution in [0.4, 0.5) is 17.5 Å². The lowest BCUT2D eigenvalue weighted by atomic mass is 9.96. The van der Waals surface area contributed by atoms with Crippen molar-refractivity contribution < 1.29 is 5.11 Å². The largest absolute Gasteiger partial charge is 0.393 e. The maximum Gasteiger partial charge on any atom is 0.229 e. The minimum Gasteiger partial charge on any atom is -0.393 e. The molecule has 0 atom stereocenters. The third-order valence-electron chi connectivity index (χ3n) is 4.44. The van der Waals surface area contributed by atoms with E-state index in [0.717, 1.165) is 48.3 Å². The van der Waals surface area contributed by atoms with Crippen molar-refractivity contribution in [1.82, 2.24) is 19.9 Å². The zero-order valence-corrected chi connectivity index (χ0v) is 14.8. The zero-order valence-electron chi connectivity index (χ0n) is 14.8. The average Bonchev–Trinajstić information content (AvgIpc) is 2.71. The number of rotatable bonds is 4. The summed E-state index contributed by atoms with van der Waals surface area (Å²) in [5, 5.41) is 12.9. The lowest BCUT2D eigenvalue weighted by Crippen LogP contribution is -2.17. The minimum atomic E-state index is -0.228. The van der Waals surface area contributed by atoms with E-state index in [1.807, 2.05) is 30.3 Å². The van der Waals surface area contributed by atoms with E-state index < -0.39 is 0 Å². The standard InChI is InChI=1S/C20H20N6O/c27-16-6-4-14(5-7-16)24-19-17(18-3-1-2-10-22-18)13-23-20(26-19)25-15-8-11-21-12-9-15/h1-3,8-13,16,27H,4-7H2,(H,21,23,25,26). The van der Waals surface area contributed by atoms with Crippen molar-refractivity contribution in [3.05, 3.63) is 55.1 Å². The van der Waals surface area contributed by atoms with Gasteiger partial charge in [-0.05, 0) is 49.9 Å². The lowest BCUT2D eigenvalue weighted by Gasteiger charge is -2.18. The molecule has 1 saturated carbocycles. The molecule has 7 nitrogen and oxygen atoms in total. The van der Waals surface area contributed by atoms with Crippen LogP contribution in [0.3, 0.4) is 0 Å². The van der Waals surface area contributed by atoms with E-state index in [1.54, 1.807) is 24.8 Å². The third-order valence-corrected chi connectivity index (χ3v) is 4.44. The molecule has 0 radical (unpaired) electrons. The molecule has 0 bridgehead atoms. The number of hydrogen-bond donors (Lipinski definition) is 2. The second-order valence-electron chi connectivity index (χ2n) is 6.42. The topological polar surface area (TPSA) is 96.2 Å². The maximum atomic E-state index is 9.73. The van der Waals surface area contributed by atoms with Crippen molar-refractivity contribution in [3.63, 3.8) is 0 Å². The van der Waals surface area contributed by atoms with Crippen LogP contribution in [-0.2, 0) is 0 Å². The van der Waals surface area contributed by atoms with Crippen LogP contribution in [0.1, 0.15) is 25.7 Å². The van der Waals surface area contributed by atoms with Crippen LogP contribution in [0.25, 0.3) is 11.3 Å². The van der Waals surface area contributed by atoms with Crippen molar-refractivity contribution in [2.45, 2.75) is 31.8 Å². The first-order chi connectivity index (χ1) is 13.3. The van der Waals surface area contributed by atoms with Crippen LogP contribution >= 0.6 is 0 Å². The number of aliphatic hydroxyl groups excluding tert-OH is 1.